The molecule has 31 heavy (non-hydrogen) atoms. The molecule has 1 aromatic heterocycles. The van der Waals surface area contributed by atoms with E-state index in [4.69, 9.17) is 4.74 Å². The van der Waals surface area contributed by atoms with Crippen molar-refractivity contribution < 1.29 is 19.4 Å². The van der Waals surface area contributed by atoms with Gasteiger partial charge in [-0.05, 0) is 36.7 Å². The smallest absolute Gasteiger partial charge is 0.308 e. The monoisotopic (exact) mass is 421 g/mol. The van der Waals surface area contributed by atoms with Gasteiger partial charge in [0.05, 0.1) is 5.92 Å². The normalized spacial score (nSPS) is 24.4. The van der Waals surface area contributed by atoms with Crippen molar-refractivity contribution in [2.24, 2.45) is 5.92 Å². The highest BCUT2D eigenvalue weighted by Crippen LogP contribution is 2.29. The van der Waals surface area contributed by atoms with E-state index < -0.39 is 17.9 Å². The van der Waals surface area contributed by atoms with Crippen LogP contribution in [0.15, 0.2) is 60.9 Å². The highest BCUT2D eigenvalue weighted by molar-refractivity contribution is 5.88. The molecule has 2 aliphatic rings. The van der Waals surface area contributed by atoms with E-state index in [9.17, 15) is 14.7 Å². The zero-order valence-electron chi connectivity index (χ0n) is 17.6. The molecule has 3 heterocycles. The summed E-state index contributed by atoms with van der Waals surface area (Å²) < 4.78 is 5.96. The fraction of sp³-hybridized carbons (Fsp3) is 0.375. The summed E-state index contributed by atoms with van der Waals surface area (Å²) in [5.74, 6) is -1.26. The summed E-state index contributed by atoms with van der Waals surface area (Å²) in [6.07, 6.45) is 6.09. The van der Waals surface area contributed by atoms with Crippen molar-refractivity contribution in [2.75, 3.05) is 26.7 Å². The molecule has 4 rings (SSSR count). The molecule has 2 aliphatic heterocycles. The maximum absolute atomic E-state index is 13.3. The predicted molar refractivity (Wildman–Crippen MR) is 116 cm³/mol. The van der Waals surface area contributed by atoms with E-state index >= 15 is 0 Å². The molecule has 0 aliphatic carbocycles. The molecule has 1 amide bonds. The van der Waals surface area contributed by atoms with Crippen LogP contribution in [0, 0.1) is 5.92 Å². The zero-order chi connectivity index (χ0) is 21.8. The number of ether oxygens (including phenoxy) is 1. The third-order valence-corrected chi connectivity index (χ3v) is 6.05. The van der Waals surface area contributed by atoms with Gasteiger partial charge in [-0.2, -0.15) is 0 Å². The summed E-state index contributed by atoms with van der Waals surface area (Å²) in [6.45, 7) is 1.57. The van der Waals surface area contributed by atoms with Crippen molar-refractivity contribution >= 4 is 17.4 Å². The van der Waals surface area contributed by atoms with Gasteiger partial charge < -0.3 is 14.7 Å². The summed E-state index contributed by atoms with van der Waals surface area (Å²) >= 11 is 0. The van der Waals surface area contributed by atoms with Gasteiger partial charge in [0.25, 0.3) is 0 Å². The first-order valence-corrected chi connectivity index (χ1v) is 10.6. The molecule has 7 nitrogen and oxygen atoms in total. The van der Waals surface area contributed by atoms with E-state index in [1.165, 1.54) is 11.1 Å². The maximum Gasteiger partial charge on any atom is 0.308 e. The van der Waals surface area contributed by atoms with Gasteiger partial charge in [0.2, 0.25) is 5.91 Å². The summed E-state index contributed by atoms with van der Waals surface area (Å²) in [5, 5.41) is 9.87. The average Bonchev–Trinajstić information content (AvgIpc) is 2.79. The quantitative estimate of drug-likeness (QED) is 0.799. The number of carbonyl (C=O) groups is 2. The van der Waals surface area contributed by atoms with E-state index in [-0.39, 0.29) is 18.4 Å². The average molecular weight is 421 g/mol. The van der Waals surface area contributed by atoms with Crippen LogP contribution >= 0.6 is 0 Å². The van der Waals surface area contributed by atoms with Crippen LogP contribution in [0.1, 0.15) is 18.4 Å². The molecular weight excluding hydrogens is 394 g/mol. The Bertz CT molecular complexity index is 948. The highest BCUT2D eigenvalue weighted by Gasteiger charge is 2.45. The van der Waals surface area contributed by atoms with Crippen LogP contribution in [0.4, 0.5) is 0 Å². The Morgan fingerprint density at radius 2 is 1.87 bits per heavy atom. The van der Waals surface area contributed by atoms with Crippen molar-refractivity contribution in [2.45, 2.75) is 25.0 Å². The lowest BCUT2D eigenvalue weighted by Crippen LogP contribution is -2.59. The molecule has 0 unspecified atom stereocenters. The molecule has 0 saturated carbocycles. The highest BCUT2D eigenvalue weighted by atomic mass is 16.5. The summed E-state index contributed by atoms with van der Waals surface area (Å²) in [4.78, 5) is 33.0. The number of carboxylic acids is 1. The molecule has 162 valence electrons. The first-order valence-electron chi connectivity index (χ1n) is 10.6. The maximum atomic E-state index is 13.3. The Morgan fingerprint density at radius 3 is 2.52 bits per heavy atom. The number of rotatable bonds is 5. The Morgan fingerprint density at radius 1 is 1.13 bits per heavy atom. The van der Waals surface area contributed by atoms with Gasteiger partial charge in [-0.15, -0.1) is 0 Å². The third-order valence-electron chi connectivity index (χ3n) is 6.05. The van der Waals surface area contributed by atoms with Gasteiger partial charge in [0.15, 0.2) is 0 Å². The first-order chi connectivity index (χ1) is 15.0. The fourth-order valence-corrected chi connectivity index (χ4v) is 4.49. The second-order valence-corrected chi connectivity index (χ2v) is 8.12. The number of pyridine rings is 1. The van der Waals surface area contributed by atoms with Gasteiger partial charge in [-0.1, -0.05) is 36.4 Å². The number of likely N-dealkylation sites (N-methyl/N-ethyl adjacent to an activating group) is 1. The lowest BCUT2D eigenvalue weighted by atomic mass is 9.86. The number of aliphatic carboxylic acids is 1. The van der Waals surface area contributed by atoms with Crippen molar-refractivity contribution in [3.05, 3.63) is 66.5 Å². The molecule has 0 radical (unpaired) electrons. The number of carbonyl (C=O) groups excluding carboxylic acids is 1. The summed E-state index contributed by atoms with van der Waals surface area (Å²) in [7, 11) is 1.80. The summed E-state index contributed by atoms with van der Waals surface area (Å²) in [5.41, 5.74) is 2.39. The van der Waals surface area contributed by atoms with Crippen LogP contribution in [0.25, 0.3) is 5.57 Å². The molecule has 1 aromatic carbocycles. The van der Waals surface area contributed by atoms with Crippen LogP contribution in [0.3, 0.4) is 0 Å². The largest absolute Gasteiger partial charge is 0.489 e. The van der Waals surface area contributed by atoms with Crippen LogP contribution in [-0.4, -0.2) is 70.6 Å². The van der Waals surface area contributed by atoms with Crippen LogP contribution in [0.5, 0.6) is 5.75 Å². The summed E-state index contributed by atoms with van der Waals surface area (Å²) in [6, 6.07) is 12.9. The minimum Gasteiger partial charge on any atom is -0.489 e. The molecular formula is C24H27N3O4. The predicted octanol–water partition coefficient (Wildman–Crippen LogP) is 2.55. The van der Waals surface area contributed by atoms with Gasteiger partial charge in [-0.3, -0.25) is 19.5 Å². The number of aromatic nitrogens is 1. The number of piperidine rings is 1. The lowest BCUT2D eigenvalue weighted by molar-refractivity contribution is -0.156. The number of amides is 1. The lowest BCUT2D eigenvalue weighted by Gasteiger charge is -2.42. The molecule has 1 saturated heterocycles. The van der Waals surface area contributed by atoms with E-state index in [1.54, 1.807) is 36.5 Å². The SMILES string of the molecule is CN1C[C@@H](Oc2ccncc2)C[C@H](C(=O)O)[C@H]1C(=O)N1CC=C(c2ccccc2)CC1. The Balaban J connectivity index is 1.45. The van der Waals surface area contributed by atoms with Gasteiger partial charge in [0, 0.05) is 38.4 Å². The standard InChI is InChI=1S/C24H27N3O4/c1-26-16-20(31-19-7-11-25-12-8-19)15-21(24(29)30)22(26)23(28)27-13-9-18(10-14-27)17-5-3-2-4-6-17/h2-9,11-12,20-22H,10,13-16H2,1H3,(H,29,30)/t20-,21-,22-/m0/s1. The van der Waals surface area contributed by atoms with Crippen molar-refractivity contribution in [3.8, 4) is 5.75 Å². The minimum absolute atomic E-state index is 0.124. The second kappa shape index (κ2) is 9.31. The third kappa shape index (κ3) is 4.77. The molecule has 1 fully saturated rings. The topological polar surface area (TPSA) is 83.0 Å². The molecule has 3 atom stereocenters. The van der Waals surface area contributed by atoms with Crippen molar-refractivity contribution in [3.63, 3.8) is 0 Å². The molecule has 1 N–H and O–H groups in total. The Kier molecular flexibility index (Phi) is 6.32. The number of benzene rings is 1. The molecule has 2 aromatic rings. The van der Waals surface area contributed by atoms with E-state index in [2.05, 4.69) is 23.2 Å². The van der Waals surface area contributed by atoms with Crippen molar-refractivity contribution in [1.82, 2.24) is 14.8 Å². The van der Waals surface area contributed by atoms with Gasteiger partial charge in [-0.25, -0.2) is 0 Å². The van der Waals surface area contributed by atoms with Gasteiger partial charge >= 0.3 is 5.97 Å². The van der Waals surface area contributed by atoms with Crippen LogP contribution in [-0.2, 0) is 9.59 Å². The number of hydrogen-bond acceptors (Lipinski definition) is 5. The van der Waals surface area contributed by atoms with E-state index in [1.807, 2.05) is 23.1 Å². The van der Waals surface area contributed by atoms with E-state index in [0.717, 1.165) is 6.42 Å². The number of hydrogen-bond donors (Lipinski definition) is 1. The molecule has 0 bridgehead atoms. The number of likely N-dealkylation sites (tertiary alicyclic amines) is 1. The van der Waals surface area contributed by atoms with Gasteiger partial charge in [0.1, 0.15) is 17.9 Å². The van der Waals surface area contributed by atoms with Crippen molar-refractivity contribution in [1.29, 1.82) is 0 Å². The molecule has 0 spiro atoms. The first kappa shape index (κ1) is 21.1. The number of carboxylic acid groups (broad SMARTS) is 1. The number of nitrogens with zero attached hydrogens (tertiary/aromatic N) is 3. The fourth-order valence-electron chi connectivity index (χ4n) is 4.49. The Labute approximate surface area is 182 Å². The minimum atomic E-state index is -0.967. The van der Waals surface area contributed by atoms with E-state index in [0.29, 0.717) is 25.4 Å². The second-order valence-electron chi connectivity index (χ2n) is 8.12. The van der Waals surface area contributed by atoms with Crippen LogP contribution < -0.4 is 4.74 Å². The Hall–Kier alpha value is -3.19. The van der Waals surface area contributed by atoms with Crippen LogP contribution in [0.2, 0.25) is 0 Å². The molecule has 7 heteroatoms. The zero-order valence-corrected chi connectivity index (χ0v) is 17.6.